The van der Waals surface area contributed by atoms with Gasteiger partial charge in [-0.2, -0.15) is 5.06 Å². The van der Waals surface area contributed by atoms with E-state index >= 15 is 0 Å². The van der Waals surface area contributed by atoms with E-state index in [9.17, 15) is 19.2 Å². The van der Waals surface area contributed by atoms with Gasteiger partial charge in [0.25, 0.3) is 5.91 Å². The number of alkyl carbamates (subject to hydrolysis) is 1. The van der Waals surface area contributed by atoms with Crippen molar-refractivity contribution in [2.45, 2.75) is 37.1 Å². The summed E-state index contributed by atoms with van der Waals surface area (Å²) in [4.78, 5) is 56.0. The number of hydroxylamine groups is 2. The first-order chi connectivity index (χ1) is 15.4. The van der Waals surface area contributed by atoms with Gasteiger partial charge < -0.3 is 20.5 Å². The van der Waals surface area contributed by atoms with Crippen LogP contribution in [0.3, 0.4) is 0 Å². The van der Waals surface area contributed by atoms with Crippen molar-refractivity contribution in [1.82, 2.24) is 10.4 Å². The van der Waals surface area contributed by atoms with E-state index in [-0.39, 0.29) is 18.9 Å². The summed E-state index contributed by atoms with van der Waals surface area (Å²) in [5, 5.41) is 3.27. The van der Waals surface area contributed by atoms with E-state index in [1.165, 1.54) is 6.08 Å². The highest BCUT2D eigenvalue weighted by Gasteiger charge is 2.56. The molecule has 2 fully saturated rings. The molecule has 0 aromatic heterocycles. The quantitative estimate of drug-likeness (QED) is 0.652. The number of Topliss-reactive ketones (excluding diaryl/α,β-unsaturated/α-hetero) is 1. The number of ether oxygens (including phenoxy) is 2. The molecule has 3 N–H and O–H groups in total. The first kappa shape index (κ1) is 21.7. The molecule has 32 heavy (non-hydrogen) atoms. The zero-order valence-corrected chi connectivity index (χ0v) is 17.2. The summed E-state index contributed by atoms with van der Waals surface area (Å²) in [5.74, 6) is -1.61. The Balaban J connectivity index is 1.49. The lowest BCUT2D eigenvalue weighted by atomic mass is 9.82. The predicted molar refractivity (Wildman–Crippen MR) is 109 cm³/mol. The molecule has 4 rings (SSSR count). The Labute approximate surface area is 183 Å². The standard InChI is InChI=1S/C22H23N3O7/c23-18-11-15(26)8-9-22(18,19(27)17-7-4-10-30-17)25-20(28)16(13-32-25)24-21(29)31-12-14-5-2-1-3-6-14/h1-3,5-6,8-9,11,16-17H,4,7,10,12-13,23H2,(H,24,29)/t16-,17?,22?/m0/s1. The van der Waals surface area contributed by atoms with Gasteiger partial charge in [0.1, 0.15) is 25.4 Å². The van der Waals surface area contributed by atoms with Crippen LogP contribution in [0.1, 0.15) is 18.4 Å². The normalized spacial score (nSPS) is 27.4. The second kappa shape index (κ2) is 8.93. The molecule has 2 heterocycles. The zero-order chi connectivity index (χ0) is 22.7. The maximum Gasteiger partial charge on any atom is 0.408 e. The predicted octanol–water partition coefficient (Wildman–Crippen LogP) is 0.524. The molecular weight excluding hydrogens is 418 g/mol. The van der Waals surface area contributed by atoms with Crippen LogP contribution in [0.2, 0.25) is 0 Å². The molecule has 1 aromatic carbocycles. The summed E-state index contributed by atoms with van der Waals surface area (Å²) >= 11 is 0. The average molecular weight is 441 g/mol. The third kappa shape index (κ3) is 4.02. The van der Waals surface area contributed by atoms with Gasteiger partial charge in [-0.05, 0) is 30.6 Å². The van der Waals surface area contributed by atoms with Crippen molar-refractivity contribution < 1.29 is 33.5 Å². The van der Waals surface area contributed by atoms with Gasteiger partial charge in [0.15, 0.2) is 17.1 Å². The van der Waals surface area contributed by atoms with Gasteiger partial charge >= 0.3 is 6.09 Å². The Hall–Kier alpha value is -3.50. The number of amides is 2. The van der Waals surface area contributed by atoms with E-state index in [0.29, 0.717) is 19.4 Å². The maximum atomic E-state index is 13.4. The molecule has 10 nitrogen and oxygen atoms in total. The first-order valence-electron chi connectivity index (χ1n) is 10.2. The highest BCUT2D eigenvalue weighted by molar-refractivity contribution is 6.09. The third-order valence-corrected chi connectivity index (χ3v) is 5.52. The highest BCUT2D eigenvalue weighted by atomic mass is 16.7. The Kier molecular flexibility index (Phi) is 6.06. The van der Waals surface area contributed by atoms with Crippen LogP contribution >= 0.6 is 0 Å². The van der Waals surface area contributed by atoms with Crippen molar-refractivity contribution in [1.29, 1.82) is 0 Å². The molecule has 1 aromatic rings. The second-order valence-corrected chi connectivity index (χ2v) is 7.65. The summed E-state index contributed by atoms with van der Waals surface area (Å²) < 4.78 is 10.6. The minimum atomic E-state index is -1.83. The van der Waals surface area contributed by atoms with Crippen LogP contribution in [0.4, 0.5) is 4.79 Å². The fourth-order valence-electron chi connectivity index (χ4n) is 3.86. The van der Waals surface area contributed by atoms with Gasteiger partial charge in [0.05, 0.1) is 5.70 Å². The molecule has 3 atom stereocenters. The number of rotatable bonds is 6. The van der Waals surface area contributed by atoms with Crippen molar-refractivity contribution in [3.05, 3.63) is 59.8 Å². The van der Waals surface area contributed by atoms with Crippen molar-refractivity contribution in [3.8, 4) is 0 Å². The van der Waals surface area contributed by atoms with Gasteiger partial charge in [-0.3, -0.25) is 19.2 Å². The van der Waals surface area contributed by atoms with E-state index in [4.69, 9.17) is 20.0 Å². The van der Waals surface area contributed by atoms with Crippen LogP contribution < -0.4 is 11.1 Å². The monoisotopic (exact) mass is 441 g/mol. The maximum absolute atomic E-state index is 13.4. The molecule has 1 aliphatic carbocycles. The van der Waals surface area contributed by atoms with Crippen molar-refractivity contribution in [2.75, 3.05) is 13.2 Å². The van der Waals surface area contributed by atoms with Crippen molar-refractivity contribution >= 4 is 23.6 Å². The van der Waals surface area contributed by atoms with Crippen LogP contribution in [0.15, 0.2) is 54.3 Å². The van der Waals surface area contributed by atoms with E-state index in [1.54, 1.807) is 12.1 Å². The van der Waals surface area contributed by atoms with Crippen LogP contribution in [-0.4, -0.2) is 59.5 Å². The van der Waals surface area contributed by atoms with Crippen molar-refractivity contribution in [2.24, 2.45) is 5.73 Å². The summed E-state index contributed by atoms with van der Waals surface area (Å²) in [6, 6.07) is 7.97. The number of nitrogens with one attached hydrogen (secondary N) is 1. The first-order valence-corrected chi connectivity index (χ1v) is 10.2. The van der Waals surface area contributed by atoms with Gasteiger partial charge in [0.2, 0.25) is 0 Å². The Morgan fingerprint density at radius 1 is 1.25 bits per heavy atom. The molecule has 2 amide bonds. The van der Waals surface area contributed by atoms with E-state index < -0.39 is 41.3 Å². The molecule has 0 bridgehead atoms. The van der Waals surface area contributed by atoms with Gasteiger partial charge in [0, 0.05) is 12.7 Å². The molecule has 2 aliphatic heterocycles. The lowest BCUT2D eigenvalue weighted by molar-refractivity contribution is -0.188. The lowest BCUT2D eigenvalue weighted by Crippen LogP contribution is -2.61. The lowest BCUT2D eigenvalue weighted by Gasteiger charge is -2.39. The molecule has 0 saturated carbocycles. The summed E-state index contributed by atoms with van der Waals surface area (Å²) in [6.07, 6.45) is 3.04. The molecule has 0 radical (unpaired) electrons. The summed E-state index contributed by atoms with van der Waals surface area (Å²) in [6.45, 7) is 0.208. The molecular formula is C22H23N3O7. The SMILES string of the molecule is NC1=CC(=O)C=CC1(C(=O)C1CCCO1)N1OC[C@H](NC(=O)OCc2ccccc2)C1=O. The number of nitrogens with two attached hydrogens (primary N) is 1. The van der Waals surface area contributed by atoms with Crippen LogP contribution in [-0.2, 0) is 35.3 Å². The number of nitrogens with zero attached hydrogens (tertiary/aromatic N) is 1. The largest absolute Gasteiger partial charge is 0.445 e. The zero-order valence-electron chi connectivity index (χ0n) is 17.2. The molecule has 2 unspecified atom stereocenters. The Morgan fingerprint density at radius 3 is 2.72 bits per heavy atom. The van der Waals surface area contributed by atoms with E-state index in [0.717, 1.165) is 22.8 Å². The average Bonchev–Trinajstić information content (AvgIpc) is 3.44. The molecule has 10 heteroatoms. The van der Waals surface area contributed by atoms with Crippen molar-refractivity contribution in [3.63, 3.8) is 0 Å². The smallest absolute Gasteiger partial charge is 0.408 e. The number of hydrogen-bond donors (Lipinski definition) is 2. The summed E-state index contributed by atoms with van der Waals surface area (Å²) in [7, 11) is 0. The van der Waals surface area contributed by atoms with E-state index in [2.05, 4.69) is 5.32 Å². The number of hydrogen-bond acceptors (Lipinski definition) is 8. The Bertz CT molecular complexity index is 984. The number of carbonyl (C=O) groups excluding carboxylic acids is 4. The van der Waals surface area contributed by atoms with Gasteiger partial charge in [-0.1, -0.05) is 30.3 Å². The van der Waals surface area contributed by atoms with Crippen LogP contribution in [0.25, 0.3) is 0 Å². The summed E-state index contributed by atoms with van der Waals surface area (Å²) in [5.41, 5.74) is 4.91. The molecule has 0 spiro atoms. The third-order valence-electron chi connectivity index (χ3n) is 5.52. The van der Waals surface area contributed by atoms with Crippen LogP contribution in [0.5, 0.6) is 0 Å². The number of allylic oxidation sites excluding steroid dienone is 2. The van der Waals surface area contributed by atoms with Gasteiger partial charge in [-0.25, -0.2) is 4.79 Å². The minimum Gasteiger partial charge on any atom is -0.445 e. The molecule has 2 saturated heterocycles. The fourth-order valence-corrected chi connectivity index (χ4v) is 3.86. The topological polar surface area (TPSA) is 137 Å². The highest BCUT2D eigenvalue weighted by Crippen LogP contribution is 2.35. The Morgan fingerprint density at radius 2 is 2.03 bits per heavy atom. The number of benzene rings is 1. The van der Waals surface area contributed by atoms with Gasteiger partial charge in [-0.15, -0.1) is 0 Å². The number of ketones is 2. The second-order valence-electron chi connectivity index (χ2n) is 7.65. The fraction of sp³-hybridized carbons (Fsp3) is 0.364. The molecule has 3 aliphatic rings. The number of carbonyl (C=O) groups is 4. The van der Waals surface area contributed by atoms with E-state index in [1.807, 2.05) is 18.2 Å². The van der Waals surface area contributed by atoms with Crippen LogP contribution in [0, 0.1) is 0 Å². The molecule has 168 valence electrons. The minimum absolute atomic E-state index is 0.0279.